The van der Waals surface area contributed by atoms with E-state index < -0.39 is 0 Å². The first-order chi connectivity index (χ1) is 8.99. The van der Waals surface area contributed by atoms with Gasteiger partial charge >= 0.3 is 0 Å². The van der Waals surface area contributed by atoms with Crippen molar-refractivity contribution in [2.24, 2.45) is 0 Å². The van der Waals surface area contributed by atoms with Crippen LogP contribution >= 0.6 is 11.6 Å². The topological polar surface area (TPSA) is 27.7 Å². The molecule has 108 valence electrons. The Hall–Kier alpha value is -0.930. The van der Waals surface area contributed by atoms with Gasteiger partial charge in [-0.05, 0) is 23.6 Å². The van der Waals surface area contributed by atoms with Gasteiger partial charge in [0.25, 0.3) is 0 Å². The minimum atomic E-state index is 0.000862. The highest BCUT2D eigenvalue weighted by molar-refractivity contribution is 6.17. The summed E-state index contributed by atoms with van der Waals surface area (Å²) in [5.74, 6) is 2.23. The molecule has 0 bridgehead atoms. The molecule has 0 aliphatic rings. The molecule has 0 amide bonds. The molecule has 0 saturated carbocycles. The monoisotopic (exact) mass is 286 g/mol. The van der Waals surface area contributed by atoms with Crippen LogP contribution in [0, 0.1) is 0 Å². The Morgan fingerprint density at radius 3 is 2.42 bits per heavy atom. The summed E-state index contributed by atoms with van der Waals surface area (Å²) in [6, 6.07) is 5.88. The summed E-state index contributed by atoms with van der Waals surface area (Å²) >= 11 is 5.54. The van der Waals surface area contributed by atoms with Crippen molar-refractivity contribution in [3.8, 4) is 11.5 Å². The Labute approximate surface area is 120 Å². The largest absolute Gasteiger partial charge is 0.497 e. The summed E-state index contributed by atoms with van der Waals surface area (Å²) in [7, 11) is 1.67. The number of alkyl halides is 1. The van der Waals surface area contributed by atoms with Crippen LogP contribution in [0.4, 0.5) is 0 Å². The third kappa shape index (κ3) is 5.29. The molecule has 0 aliphatic heterocycles. The maximum Gasteiger partial charge on any atom is 0.123 e. The van der Waals surface area contributed by atoms with Gasteiger partial charge in [-0.2, -0.15) is 0 Å². The first-order valence-electron chi connectivity index (χ1n) is 6.44. The molecule has 1 aromatic rings. The number of rotatable bonds is 7. The Bertz CT molecular complexity index is 385. The number of hydrogen-bond acceptors (Lipinski definition) is 3. The van der Waals surface area contributed by atoms with Gasteiger partial charge in [-0.25, -0.2) is 0 Å². The lowest BCUT2D eigenvalue weighted by Crippen LogP contribution is -2.15. The summed E-state index contributed by atoms with van der Waals surface area (Å²) in [6.45, 7) is 8.07. The van der Waals surface area contributed by atoms with E-state index in [1.54, 1.807) is 7.11 Å². The zero-order valence-corrected chi connectivity index (χ0v) is 12.9. The second-order valence-corrected chi connectivity index (χ2v) is 5.64. The standard InChI is InChI=1S/C15H23ClO3/c1-15(2,3)13-11-12(17-4)5-6-14(13)19-10-9-18-8-7-16/h5-6,11H,7-10H2,1-4H3. The number of ether oxygens (including phenoxy) is 3. The van der Waals surface area contributed by atoms with Gasteiger partial charge in [0, 0.05) is 11.4 Å². The number of halogens is 1. The highest BCUT2D eigenvalue weighted by Crippen LogP contribution is 2.34. The van der Waals surface area contributed by atoms with Gasteiger partial charge in [0.15, 0.2) is 0 Å². The Morgan fingerprint density at radius 1 is 1.11 bits per heavy atom. The minimum absolute atomic E-state index is 0.000862. The maximum absolute atomic E-state index is 5.79. The number of benzene rings is 1. The van der Waals surface area contributed by atoms with Crippen LogP contribution < -0.4 is 9.47 Å². The molecule has 0 aliphatic carbocycles. The van der Waals surface area contributed by atoms with Gasteiger partial charge in [-0.3, -0.25) is 0 Å². The molecule has 0 N–H and O–H groups in total. The van der Waals surface area contributed by atoms with Crippen molar-refractivity contribution in [2.45, 2.75) is 26.2 Å². The van der Waals surface area contributed by atoms with Crippen LogP contribution in [0.2, 0.25) is 0 Å². The molecule has 0 unspecified atom stereocenters. The average molecular weight is 287 g/mol. The average Bonchev–Trinajstić information content (AvgIpc) is 2.37. The van der Waals surface area contributed by atoms with E-state index in [4.69, 9.17) is 25.8 Å². The molecule has 0 saturated heterocycles. The highest BCUT2D eigenvalue weighted by atomic mass is 35.5. The Kier molecular flexibility index (Phi) is 6.46. The van der Waals surface area contributed by atoms with E-state index in [9.17, 15) is 0 Å². The van der Waals surface area contributed by atoms with Crippen molar-refractivity contribution < 1.29 is 14.2 Å². The van der Waals surface area contributed by atoms with E-state index in [1.165, 1.54) is 0 Å². The second kappa shape index (κ2) is 7.61. The summed E-state index contributed by atoms with van der Waals surface area (Å²) in [4.78, 5) is 0. The van der Waals surface area contributed by atoms with E-state index in [0.717, 1.165) is 17.1 Å². The molecule has 0 spiro atoms. The molecule has 1 aromatic carbocycles. The molecule has 0 aromatic heterocycles. The zero-order valence-electron chi connectivity index (χ0n) is 12.2. The second-order valence-electron chi connectivity index (χ2n) is 5.26. The number of hydrogen-bond donors (Lipinski definition) is 0. The van der Waals surface area contributed by atoms with Crippen LogP contribution in [0.3, 0.4) is 0 Å². The van der Waals surface area contributed by atoms with Crippen molar-refractivity contribution in [3.05, 3.63) is 23.8 Å². The summed E-state index contributed by atoms with van der Waals surface area (Å²) in [6.07, 6.45) is 0. The smallest absolute Gasteiger partial charge is 0.123 e. The highest BCUT2D eigenvalue weighted by Gasteiger charge is 2.19. The minimum Gasteiger partial charge on any atom is -0.497 e. The van der Waals surface area contributed by atoms with Crippen LogP contribution in [0.5, 0.6) is 11.5 Å². The molecule has 0 heterocycles. The predicted octanol–water partition coefficient (Wildman–Crippen LogP) is 3.63. The normalized spacial score (nSPS) is 11.4. The van der Waals surface area contributed by atoms with Crippen LogP contribution in [0.25, 0.3) is 0 Å². The molecular formula is C15H23ClO3. The maximum atomic E-state index is 5.79. The Morgan fingerprint density at radius 2 is 1.84 bits per heavy atom. The molecule has 0 atom stereocenters. The zero-order chi connectivity index (χ0) is 14.3. The quantitative estimate of drug-likeness (QED) is 0.566. The van der Waals surface area contributed by atoms with Crippen molar-refractivity contribution in [3.63, 3.8) is 0 Å². The van der Waals surface area contributed by atoms with Gasteiger partial charge in [0.05, 0.1) is 20.3 Å². The summed E-state index contributed by atoms with van der Waals surface area (Å²) in [5.41, 5.74) is 1.13. The molecule has 1 rings (SSSR count). The van der Waals surface area contributed by atoms with Crippen LogP contribution in [0.15, 0.2) is 18.2 Å². The summed E-state index contributed by atoms with van der Waals surface area (Å²) < 4.78 is 16.3. The fraction of sp³-hybridized carbons (Fsp3) is 0.600. The molecule has 3 nitrogen and oxygen atoms in total. The predicted molar refractivity (Wildman–Crippen MR) is 78.7 cm³/mol. The molecule has 4 heteroatoms. The Balaban J connectivity index is 2.71. The van der Waals surface area contributed by atoms with E-state index >= 15 is 0 Å². The van der Waals surface area contributed by atoms with Crippen molar-refractivity contribution in [2.75, 3.05) is 32.8 Å². The van der Waals surface area contributed by atoms with Crippen LogP contribution in [0.1, 0.15) is 26.3 Å². The van der Waals surface area contributed by atoms with Crippen molar-refractivity contribution in [1.82, 2.24) is 0 Å². The SMILES string of the molecule is COc1ccc(OCCOCCCl)c(C(C)(C)C)c1. The van der Waals surface area contributed by atoms with Crippen molar-refractivity contribution >= 4 is 11.6 Å². The molecule has 0 fully saturated rings. The third-order valence-electron chi connectivity index (χ3n) is 2.70. The van der Waals surface area contributed by atoms with Crippen molar-refractivity contribution in [1.29, 1.82) is 0 Å². The van der Waals surface area contributed by atoms with Gasteiger partial charge in [-0.1, -0.05) is 20.8 Å². The lowest BCUT2D eigenvalue weighted by Gasteiger charge is -2.23. The first-order valence-corrected chi connectivity index (χ1v) is 6.97. The van der Waals surface area contributed by atoms with E-state index in [2.05, 4.69) is 20.8 Å². The van der Waals surface area contributed by atoms with Crippen LogP contribution in [-0.2, 0) is 10.2 Å². The molecule has 19 heavy (non-hydrogen) atoms. The third-order valence-corrected chi connectivity index (χ3v) is 2.86. The van der Waals surface area contributed by atoms with Gasteiger partial charge < -0.3 is 14.2 Å². The molecule has 0 radical (unpaired) electrons. The lowest BCUT2D eigenvalue weighted by molar-refractivity contribution is 0.110. The van der Waals surface area contributed by atoms with Gasteiger partial charge in [0.2, 0.25) is 0 Å². The fourth-order valence-electron chi connectivity index (χ4n) is 1.72. The van der Waals surface area contributed by atoms with Gasteiger partial charge in [0.1, 0.15) is 18.1 Å². The molecular weight excluding hydrogens is 264 g/mol. The number of methoxy groups -OCH3 is 1. The first kappa shape index (κ1) is 16.1. The van der Waals surface area contributed by atoms with Gasteiger partial charge in [-0.15, -0.1) is 11.6 Å². The lowest BCUT2D eigenvalue weighted by atomic mass is 9.86. The van der Waals surface area contributed by atoms with Crippen LogP contribution in [-0.4, -0.2) is 32.8 Å². The van der Waals surface area contributed by atoms with E-state index in [-0.39, 0.29) is 5.41 Å². The van der Waals surface area contributed by atoms with E-state index in [1.807, 2.05) is 18.2 Å². The fourth-order valence-corrected chi connectivity index (χ4v) is 1.82. The summed E-state index contributed by atoms with van der Waals surface area (Å²) in [5, 5.41) is 0. The van der Waals surface area contributed by atoms with E-state index in [0.29, 0.717) is 25.7 Å².